The summed E-state index contributed by atoms with van der Waals surface area (Å²) in [7, 11) is 1.78. The van der Waals surface area contributed by atoms with E-state index < -0.39 is 20.2 Å². The summed E-state index contributed by atoms with van der Waals surface area (Å²) in [6.07, 6.45) is 0. The van der Waals surface area contributed by atoms with E-state index in [4.69, 9.17) is 3.07 Å². The predicted octanol–water partition coefficient (Wildman–Crippen LogP) is 2.31. The molecule has 64 valence electrons. The Balaban J connectivity index is 2.57. The number of benzene rings is 1. The molecule has 0 fully saturated rings. The van der Waals surface area contributed by atoms with Crippen LogP contribution in [-0.2, 0) is 3.07 Å². The van der Waals surface area contributed by atoms with Crippen LogP contribution in [0, 0.1) is 3.57 Å². The number of hydrogen-bond acceptors (Lipinski definition) is 2. The molecule has 1 aliphatic heterocycles. The monoisotopic (exact) mass is 275 g/mol. The van der Waals surface area contributed by atoms with Gasteiger partial charge in [-0.15, -0.1) is 0 Å². The van der Waals surface area contributed by atoms with E-state index in [1.165, 1.54) is 9.13 Å². The molecule has 3 heteroatoms. The molecule has 0 spiro atoms. The van der Waals surface area contributed by atoms with Crippen LogP contribution >= 0.6 is 20.2 Å². The maximum atomic E-state index is 5.69. The third kappa shape index (κ3) is 1.12. The first-order valence-corrected chi connectivity index (χ1v) is 7.79. The molecule has 0 bridgehead atoms. The van der Waals surface area contributed by atoms with Crippen molar-refractivity contribution in [3.05, 3.63) is 33.4 Å². The van der Waals surface area contributed by atoms with Crippen molar-refractivity contribution in [2.45, 2.75) is 0 Å². The fraction of sp³-hybridized carbons (Fsp3) is 0.222. The number of aliphatic imine (C=N–C) groups is 1. The van der Waals surface area contributed by atoms with Gasteiger partial charge in [-0.3, -0.25) is 0 Å². The third-order valence-corrected chi connectivity index (χ3v) is 5.44. The van der Waals surface area contributed by atoms with Crippen LogP contribution in [0.2, 0.25) is 0 Å². The summed E-state index contributed by atoms with van der Waals surface area (Å²) in [5.41, 5.74) is 1.20. The fourth-order valence-corrected chi connectivity index (χ4v) is 4.45. The van der Waals surface area contributed by atoms with E-state index in [1.54, 1.807) is 7.05 Å². The number of nitrogens with zero attached hydrogens (tertiary/aromatic N) is 1. The topological polar surface area (TPSA) is 21.6 Å². The van der Waals surface area contributed by atoms with Crippen molar-refractivity contribution in [1.82, 2.24) is 0 Å². The molecule has 0 radical (unpaired) electrons. The Morgan fingerprint density at radius 3 is 2.83 bits per heavy atom. The normalized spacial score (nSPS) is 20.8. The van der Waals surface area contributed by atoms with Crippen molar-refractivity contribution in [3.8, 4) is 0 Å². The summed E-state index contributed by atoms with van der Waals surface area (Å²) < 4.78 is 7.08. The minimum atomic E-state index is -1.32. The van der Waals surface area contributed by atoms with E-state index in [2.05, 4.69) is 28.1 Å². The van der Waals surface area contributed by atoms with E-state index in [9.17, 15) is 0 Å². The standard InChI is InChI=1S/C9H10INO/c1-10-8-6-4-3-5-7(8)9(11-2)12-10/h3-6H,1-2H3. The number of hydrogen-bond donors (Lipinski definition) is 0. The molecule has 0 saturated carbocycles. The van der Waals surface area contributed by atoms with Crippen LogP contribution in [0.15, 0.2) is 29.3 Å². The van der Waals surface area contributed by atoms with Gasteiger partial charge in [0.15, 0.2) is 0 Å². The number of rotatable bonds is 0. The Kier molecular flexibility index (Phi) is 2.04. The van der Waals surface area contributed by atoms with Crippen LogP contribution in [0.3, 0.4) is 0 Å². The van der Waals surface area contributed by atoms with E-state index in [-0.39, 0.29) is 0 Å². The molecular formula is C9H10INO. The quantitative estimate of drug-likeness (QED) is 0.526. The van der Waals surface area contributed by atoms with Gasteiger partial charge >= 0.3 is 79.6 Å². The molecule has 0 aliphatic carbocycles. The van der Waals surface area contributed by atoms with Gasteiger partial charge in [-0.2, -0.15) is 0 Å². The number of alkyl halides is 1. The average Bonchev–Trinajstić information content (AvgIpc) is 2.44. The molecule has 1 aromatic rings. The summed E-state index contributed by atoms with van der Waals surface area (Å²) >= 11 is -1.32. The molecule has 0 amide bonds. The van der Waals surface area contributed by atoms with E-state index in [0.717, 1.165) is 5.90 Å². The van der Waals surface area contributed by atoms with Crippen LogP contribution in [0.1, 0.15) is 5.56 Å². The molecule has 2 rings (SSSR count). The molecule has 1 heterocycles. The minimum absolute atomic E-state index is 0.832. The summed E-state index contributed by atoms with van der Waals surface area (Å²) in [4.78, 5) is 6.31. The summed E-state index contributed by atoms with van der Waals surface area (Å²) in [6.45, 7) is 0. The Morgan fingerprint density at radius 2 is 2.08 bits per heavy atom. The van der Waals surface area contributed by atoms with Crippen molar-refractivity contribution in [3.63, 3.8) is 0 Å². The Morgan fingerprint density at radius 1 is 1.33 bits per heavy atom. The van der Waals surface area contributed by atoms with Gasteiger partial charge < -0.3 is 0 Å². The second-order valence-electron chi connectivity index (χ2n) is 2.51. The average molecular weight is 275 g/mol. The van der Waals surface area contributed by atoms with Crippen LogP contribution in [0.5, 0.6) is 0 Å². The molecule has 0 N–H and O–H groups in total. The van der Waals surface area contributed by atoms with Crippen molar-refractivity contribution in [2.24, 2.45) is 4.99 Å². The van der Waals surface area contributed by atoms with Gasteiger partial charge in [0.25, 0.3) is 0 Å². The van der Waals surface area contributed by atoms with Gasteiger partial charge in [0.1, 0.15) is 0 Å². The second-order valence-corrected chi connectivity index (χ2v) is 6.51. The molecule has 1 aliphatic rings. The van der Waals surface area contributed by atoms with Gasteiger partial charge in [0.2, 0.25) is 0 Å². The van der Waals surface area contributed by atoms with Crippen molar-refractivity contribution in [2.75, 3.05) is 12.0 Å². The first-order valence-electron chi connectivity index (χ1n) is 3.67. The Labute approximate surface area is 79.6 Å². The van der Waals surface area contributed by atoms with Gasteiger partial charge in [-0.05, 0) is 0 Å². The van der Waals surface area contributed by atoms with Crippen LogP contribution in [0.4, 0.5) is 0 Å². The van der Waals surface area contributed by atoms with Gasteiger partial charge in [0, 0.05) is 0 Å². The zero-order chi connectivity index (χ0) is 8.55. The van der Waals surface area contributed by atoms with E-state index >= 15 is 0 Å². The van der Waals surface area contributed by atoms with Crippen molar-refractivity contribution >= 4 is 26.1 Å². The van der Waals surface area contributed by atoms with E-state index in [1.807, 2.05) is 6.07 Å². The van der Waals surface area contributed by atoms with Crippen LogP contribution < -0.4 is 0 Å². The molecule has 0 saturated heterocycles. The Bertz CT molecular complexity index is 335. The molecule has 2 nitrogen and oxygen atoms in total. The maximum absolute atomic E-state index is 5.69. The zero-order valence-electron chi connectivity index (χ0n) is 7.04. The fourth-order valence-electron chi connectivity index (χ4n) is 1.21. The molecule has 12 heavy (non-hydrogen) atoms. The molecular weight excluding hydrogens is 265 g/mol. The van der Waals surface area contributed by atoms with Gasteiger partial charge in [0.05, 0.1) is 0 Å². The van der Waals surface area contributed by atoms with Crippen molar-refractivity contribution in [1.29, 1.82) is 0 Å². The van der Waals surface area contributed by atoms with Crippen molar-refractivity contribution < 1.29 is 3.07 Å². The second kappa shape index (κ2) is 3.05. The summed E-state index contributed by atoms with van der Waals surface area (Å²) in [6, 6.07) is 8.33. The van der Waals surface area contributed by atoms with Crippen LogP contribution in [0.25, 0.3) is 0 Å². The number of fused-ring (bicyclic) bond motifs is 1. The zero-order valence-corrected chi connectivity index (χ0v) is 9.20. The van der Waals surface area contributed by atoms with E-state index in [0.29, 0.717) is 0 Å². The first-order chi connectivity index (χ1) is 5.83. The van der Waals surface area contributed by atoms with Crippen LogP contribution in [-0.4, -0.2) is 17.9 Å². The molecule has 1 aromatic carbocycles. The number of halogens is 1. The molecule has 0 atom stereocenters. The van der Waals surface area contributed by atoms with Gasteiger partial charge in [-0.25, -0.2) is 0 Å². The predicted molar refractivity (Wildman–Crippen MR) is 58.6 cm³/mol. The molecule has 0 unspecified atom stereocenters. The Hall–Kier alpha value is -0.580. The molecule has 0 aromatic heterocycles. The summed E-state index contributed by atoms with van der Waals surface area (Å²) in [5, 5.41) is 0. The SMILES string of the molecule is CN=C1OI(C)c2ccccc21. The van der Waals surface area contributed by atoms with Gasteiger partial charge in [-0.1, -0.05) is 0 Å². The third-order valence-electron chi connectivity index (χ3n) is 1.78. The summed E-state index contributed by atoms with van der Waals surface area (Å²) in [5.74, 6) is 0.832. The first kappa shape index (κ1) is 8.04.